The predicted molar refractivity (Wildman–Crippen MR) is 65.0 cm³/mol. The van der Waals surface area contributed by atoms with Crippen LogP contribution in [0.2, 0.25) is 0 Å². The van der Waals surface area contributed by atoms with Gasteiger partial charge in [0.05, 0.1) is 0 Å². The molecule has 0 aromatic heterocycles. The van der Waals surface area contributed by atoms with E-state index in [-0.39, 0.29) is 0 Å². The van der Waals surface area contributed by atoms with E-state index < -0.39 is 0 Å². The normalized spacial score (nSPS) is 33.5. The van der Waals surface area contributed by atoms with Gasteiger partial charge in [0, 0.05) is 26.2 Å². The largest absolute Gasteiger partial charge is 0.303 e. The van der Waals surface area contributed by atoms with Gasteiger partial charge in [-0.1, -0.05) is 25.0 Å². The molecule has 2 heteroatoms. The van der Waals surface area contributed by atoms with Crippen molar-refractivity contribution in [1.82, 2.24) is 5.01 Å². The lowest BCUT2D eigenvalue weighted by molar-refractivity contribution is 0.304. The number of hydrazone groups is 1. The number of nitrogens with zero attached hydrogens (tertiary/aromatic N) is 2. The van der Waals surface area contributed by atoms with Crippen molar-refractivity contribution in [3.63, 3.8) is 0 Å². The van der Waals surface area contributed by atoms with Gasteiger partial charge in [-0.2, -0.15) is 5.10 Å². The third-order valence-electron chi connectivity index (χ3n) is 3.72. The molecule has 0 radical (unpaired) electrons. The van der Waals surface area contributed by atoms with E-state index in [1.165, 1.54) is 37.8 Å². The van der Waals surface area contributed by atoms with Crippen LogP contribution < -0.4 is 0 Å². The summed E-state index contributed by atoms with van der Waals surface area (Å²) >= 11 is 0. The van der Waals surface area contributed by atoms with E-state index >= 15 is 0 Å². The van der Waals surface area contributed by atoms with Crippen molar-refractivity contribution < 1.29 is 0 Å². The average Bonchev–Trinajstić information content (AvgIpc) is 2.15. The van der Waals surface area contributed by atoms with Crippen LogP contribution in [0.25, 0.3) is 0 Å². The molecule has 2 aliphatic rings. The number of fused-ring (bicyclic) bond motifs is 1. The van der Waals surface area contributed by atoms with Crippen LogP contribution in [0.3, 0.4) is 0 Å². The van der Waals surface area contributed by atoms with Gasteiger partial charge in [0.25, 0.3) is 0 Å². The van der Waals surface area contributed by atoms with E-state index in [9.17, 15) is 0 Å². The first-order chi connectivity index (χ1) is 7.10. The molecule has 1 saturated carbocycles. The third-order valence-corrected chi connectivity index (χ3v) is 3.72. The summed E-state index contributed by atoms with van der Waals surface area (Å²) in [7, 11) is 4.02. The Morgan fingerprint density at radius 1 is 1.33 bits per heavy atom. The van der Waals surface area contributed by atoms with E-state index in [2.05, 4.69) is 18.1 Å². The fourth-order valence-electron chi connectivity index (χ4n) is 2.97. The van der Waals surface area contributed by atoms with Gasteiger partial charge in [0.1, 0.15) is 0 Å². The number of hydrogen-bond acceptors (Lipinski definition) is 2. The fourth-order valence-corrected chi connectivity index (χ4v) is 2.97. The quantitative estimate of drug-likeness (QED) is 0.475. The Hall–Kier alpha value is -0.790. The van der Waals surface area contributed by atoms with Gasteiger partial charge < -0.3 is 5.01 Å². The Morgan fingerprint density at radius 2 is 2.13 bits per heavy atom. The third kappa shape index (κ3) is 2.24. The molecular formula is C13H22N2. The highest BCUT2D eigenvalue weighted by atomic mass is 15.4. The summed E-state index contributed by atoms with van der Waals surface area (Å²) in [5.41, 5.74) is 3.49. The van der Waals surface area contributed by atoms with Crippen molar-refractivity contribution >= 4 is 5.71 Å². The summed E-state index contributed by atoms with van der Waals surface area (Å²) in [5.74, 6) is 0. The molecule has 0 amide bonds. The van der Waals surface area contributed by atoms with Gasteiger partial charge in [0.15, 0.2) is 0 Å². The SMILES string of the molecule is CN(C)/N=C1/CC=C2CCCC[C@@]2(C)C1. The molecule has 2 rings (SSSR count). The van der Waals surface area contributed by atoms with Crippen LogP contribution >= 0.6 is 0 Å². The van der Waals surface area contributed by atoms with Crippen LogP contribution in [0.5, 0.6) is 0 Å². The first-order valence-corrected chi connectivity index (χ1v) is 6.03. The minimum absolute atomic E-state index is 0.436. The van der Waals surface area contributed by atoms with Crippen molar-refractivity contribution in [2.45, 2.75) is 45.4 Å². The predicted octanol–water partition coefficient (Wildman–Crippen LogP) is 3.20. The Morgan fingerprint density at radius 3 is 2.87 bits per heavy atom. The second-order valence-corrected chi connectivity index (χ2v) is 5.39. The van der Waals surface area contributed by atoms with Crippen LogP contribution in [0.15, 0.2) is 16.8 Å². The van der Waals surface area contributed by atoms with E-state index in [1.54, 1.807) is 5.57 Å². The summed E-state index contributed by atoms with van der Waals surface area (Å²) in [6, 6.07) is 0. The second-order valence-electron chi connectivity index (χ2n) is 5.39. The highest BCUT2D eigenvalue weighted by Crippen LogP contribution is 2.46. The topological polar surface area (TPSA) is 15.6 Å². The Balaban J connectivity index is 2.18. The summed E-state index contributed by atoms with van der Waals surface area (Å²) in [4.78, 5) is 0. The molecule has 1 atom stereocenters. The first kappa shape index (κ1) is 10.7. The van der Waals surface area contributed by atoms with Crippen LogP contribution in [-0.4, -0.2) is 24.8 Å². The van der Waals surface area contributed by atoms with Gasteiger partial charge in [-0.15, -0.1) is 0 Å². The molecule has 15 heavy (non-hydrogen) atoms. The van der Waals surface area contributed by atoms with Crippen LogP contribution in [0.4, 0.5) is 0 Å². The molecule has 0 unspecified atom stereocenters. The zero-order valence-corrected chi connectivity index (χ0v) is 10.2. The number of hydrogen-bond donors (Lipinski definition) is 0. The molecule has 84 valence electrons. The summed E-state index contributed by atoms with van der Waals surface area (Å²) in [6.07, 6.45) is 10.1. The monoisotopic (exact) mass is 206 g/mol. The summed E-state index contributed by atoms with van der Waals surface area (Å²) < 4.78 is 0. The summed E-state index contributed by atoms with van der Waals surface area (Å²) in [5, 5.41) is 6.51. The zero-order valence-electron chi connectivity index (χ0n) is 10.2. The maximum absolute atomic E-state index is 4.58. The van der Waals surface area contributed by atoms with Crippen molar-refractivity contribution in [2.24, 2.45) is 10.5 Å². The Bertz CT molecular complexity index is 302. The smallest absolute Gasteiger partial charge is 0.0426 e. The van der Waals surface area contributed by atoms with Gasteiger partial charge in [-0.25, -0.2) is 0 Å². The van der Waals surface area contributed by atoms with Crippen molar-refractivity contribution in [1.29, 1.82) is 0 Å². The van der Waals surface area contributed by atoms with Crippen LogP contribution in [0.1, 0.15) is 45.4 Å². The maximum Gasteiger partial charge on any atom is 0.0426 e. The fraction of sp³-hybridized carbons (Fsp3) is 0.769. The molecule has 0 aromatic rings. The van der Waals surface area contributed by atoms with Gasteiger partial charge in [0.2, 0.25) is 0 Å². The van der Waals surface area contributed by atoms with Crippen molar-refractivity contribution in [3.8, 4) is 0 Å². The van der Waals surface area contributed by atoms with E-state index in [4.69, 9.17) is 0 Å². The number of rotatable bonds is 1. The van der Waals surface area contributed by atoms with Crippen LogP contribution in [-0.2, 0) is 0 Å². The number of allylic oxidation sites excluding steroid dienone is 2. The molecule has 0 bridgehead atoms. The molecule has 0 heterocycles. The molecule has 1 fully saturated rings. The summed E-state index contributed by atoms with van der Waals surface area (Å²) in [6.45, 7) is 2.42. The average molecular weight is 206 g/mol. The molecular weight excluding hydrogens is 184 g/mol. The van der Waals surface area contributed by atoms with Gasteiger partial charge >= 0.3 is 0 Å². The molecule has 2 aliphatic carbocycles. The first-order valence-electron chi connectivity index (χ1n) is 6.03. The van der Waals surface area contributed by atoms with Crippen molar-refractivity contribution in [2.75, 3.05) is 14.1 Å². The molecule has 0 aromatic carbocycles. The maximum atomic E-state index is 4.58. The van der Waals surface area contributed by atoms with E-state index in [0.29, 0.717) is 5.41 Å². The second kappa shape index (κ2) is 3.99. The molecule has 0 aliphatic heterocycles. The van der Waals surface area contributed by atoms with Gasteiger partial charge in [-0.3, -0.25) is 0 Å². The van der Waals surface area contributed by atoms with E-state index in [0.717, 1.165) is 6.42 Å². The lowest BCUT2D eigenvalue weighted by Gasteiger charge is -2.40. The molecule has 0 N–H and O–H groups in total. The van der Waals surface area contributed by atoms with Crippen LogP contribution in [0, 0.1) is 5.41 Å². The highest BCUT2D eigenvalue weighted by Gasteiger charge is 2.35. The lowest BCUT2D eigenvalue weighted by Crippen LogP contribution is -2.30. The standard InChI is InChI=1S/C13H22N2/c1-13-9-5-4-6-11(13)7-8-12(10-13)14-15(2)3/h7H,4-6,8-10H2,1-3H3/b14-12-/t13-/m0/s1. The minimum atomic E-state index is 0.436. The van der Waals surface area contributed by atoms with E-state index in [1.807, 2.05) is 19.1 Å². The highest BCUT2D eigenvalue weighted by molar-refractivity contribution is 5.88. The molecule has 0 spiro atoms. The lowest BCUT2D eigenvalue weighted by atomic mass is 9.66. The zero-order chi connectivity index (χ0) is 10.9. The van der Waals surface area contributed by atoms with Gasteiger partial charge in [-0.05, 0) is 31.1 Å². The Labute approximate surface area is 93.0 Å². The molecule has 2 nitrogen and oxygen atoms in total. The Kier molecular flexibility index (Phi) is 2.85. The minimum Gasteiger partial charge on any atom is -0.303 e. The van der Waals surface area contributed by atoms with Crippen molar-refractivity contribution in [3.05, 3.63) is 11.6 Å². The molecule has 0 saturated heterocycles.